The van der Waals surface area contributed by atoms with E-state index in [0.717, 1.165) is 16.5 Å². The van der Waals surface area contributed by atoms with Crippen LogP contribution in [0, 0.1) is 13.8 Å². The van der Waals surface area contributed by atoms with Crippen LogP contribution in [0.5, 0.6) is 0 Å². The summed E-state index contributed by atoms with van der Waals surface area (Å²) in [4.78, 5) is 4.22. The Bertz CT molecular complexity index is 391. The van der Waals surface area contributed by atoms with Crippen molar-refractivity contribution in [1.82, 2.24) is 4.98 Å². The summed E-state index contributed by atoms with van der Waals surface area (Å²) in [5, 5.41) is 1.15. The molecule has 0 bridgehead atoms. The second-order valence-corrected chi connectivity index (χ2v) is 2.54. The molecule has 0 unspecified atom stereocenters. The molecule has 2 aromatic rings. The molecule has 1 heterocycles. The topological polar surface area (TPSA) is 12.9 Å². The average molecular weight is 323 g/mol. The molecular formula is C16H27NY-2. The Labute approximate surface area is 140 Å². The van der Waals surface area contributed by atoms with Gasteiger partial charge < -0.3 is 11.9 Å². The number of pyridine rings is 1. The molecule has 1 radical (unpaired) electrons. The van der Waals surface area contributed by atoms with Crippen LogP contribution < -0.4 is 0 Å². The van der Waals surface area contributed by atoms with E-state index in [1.807, 2.05) is 58.0 Å². The van der Waals surface area contributed by atoms with E-state index in [2.05, 4.69) is 18.8 Å². The summed E-state index contributed by atoms with van der Waals surface area (Å²) in [6.07, 6.45) is 1.78. The van der Waals surface area contributed by atoms with Gasteiger partial charge in [-0.15, -0.1) is 0 Å². The molecule has 0 aliphatic heterocycles. The molecule has 1 aromatic heterocycles. The van der Waals surface area contributed by atoms with E-state index in [0.29, 0.717) is 0 Å². The Morgan fingerprint density at radius 1 is 1.00 bits per heavy atom. The predicted octanol–water partition coefficient (Wildman–Crippen LogP) is 5.55. The molecular weight excluding hydrogens is 295 g/mol. The van der Waals surface area contributed by atoms with Crippen molar-refractivity contribution in [3.8, 4) is 0 Å². The van der Waals surface area contributed by atoms with Gasteiger partial charge in [0, 0.05) is 39.7 Å². The van der Waals surface area contributed by atoms with Gasteiger partial charge in [-0.25, -0.2) is 0 Å². The minimum absolute atomic E-state index is 0. The molecule has 18 heavy (non-hydrogen) atoms. The number of rotatable bonds is 0. The largest absolute Gasteiger partial charge is 0.346 e. The predicted molar refractivity (Wildman–Crippen MR) is 82.0 cm³/mol. The fourth-order valence-electron chi connectivity index (χ4n) is 1.12. The second-order valence-electron chi connectivity index (χ2n) is 2.54. The van der Waals surface area contributed by atoms with E-state index in [1.165, 1.54) is 0 Å². The number of hydrogen-bond donors (Lipinski definition) is 0. The van der Waals surface area contributed by atoms with Gasteiger partial charge in [-0.1, -0.05) is 57.5 Å². The molecule has 1 aromatic carbocycles. The molecule has 2 rings (SSSR count). The van der Waals surface area contributed by atoms with Gasteiger partial charge in [-0.05, 0) is 6.07 Å². The second kappa shape index (κ2) is 16.6. The number of nitrogens with zero attached hydrogens (tertiary/aromatic N) is 1. The van der Waals surface area contributed by atoms with Crippen molar-refractivity contribution >= 4 is 10.9 Å². The van der Waals surface area contributed by atoms with Gasteiger partial charge in [0.25, 0.3) is 0 Å². The zero-order valence-corrected chi connectivity index (χ0v) is 15.2. The maximum absolute atomic E-state index is 4.22. The standard InChI is InChI=1S/C10H8N.2C2H6.C2H5.Y.H2/c1-8-6-9-4-2-3-5-10(9)11-7-8;3*1-2;;/h2-7H,1H2;2*1-2H3;1H2,2H3;;1H/q-1;;;-1;;/i;;;;;1+1. The van der Waals surface area contributed by atoms with E-state index in [-0.39, 0.29) is 34.1 Å². The summed E-state index contributed by atoms with van der Waals surface area (Å²) in [7, 11) is 0. The first-order valence-electron chi connectivity index (χ1n) is 6.24. The van der Waals surface area contributed by atoms with Gasteiger partial charge in [0.1, 0.15) is 0 Å². The molecule has 0 aliphatic carbocycles. The van der Waals surface area contributed by atoms with E-state index in [1.54, 1.807) is 13.1 Å². The Kier molecular flexibility index (Phi) is 21.0. The summed E-state index contributed by atoms with van der Waals surface area (Å²) in [6, 6.07) is 10.1. The number of benzene rings is 1. The molecule has 0 N–H and O–H groups in total. The van der Waals surface area contributed by atoms with Crippen molar-refractivity contribution in [3.63, 3.8) is 0 Å². The third-order valence-corrected chi connectivity index (χ3v) is 1.65. The summed E-state index contributed by atoms with van der Waals surface area (Å²) >= 11 is 0. The monoisotopic (exact) mass is 323 g/mol. The van der Waals surface area contributed by atoms with Crippen LogP contribution in [-0.2, 0) is 32.7 Å². The zero-order valence-electron chi connectivity index (χ0n) is 12.4. The van der Waals surface area contributed by atoms with E-state index in [9.17, 15) is 0 Å². The Balaban J connectivity index is -0.000000126. The fourth-order valence-corrected chi connectivity index (χ4v) is 1.12. The molecule has 0 saturated heterocycles. The van der Waals surface area contributed by atoms with Gasteiger partial charge in [0.2, 0.25) is 0 Å². The number of para-hydroxylation sites is 1. The number of fused-ring (bicyclic) bond motifs is 1. The minimum atomic E-state index is 0. The van der Waals surface area contributed by atoms with Gasteiger partial charge >= 0.3 is 0 Å². The van der Waals surface area contributed by atoms with Crippen molar-refractivity contribution in [2.24, 2.45) is 0 Å². The van der Waals surface area contributed by atoms with Crippen LogP contribution in [0.3, 0.4) is 0 Å². The molecule has 2 heteroatoms. The first kappa shape index (κ1) is 22.8. The van der Waals surface area contributed by atoms with Crippen molar-refractivity contribution in [2.75, 3.05) is 0 Å². The molecule has 101 valence electrons. The first-order chi connectivity index (χ1) is 8.36. The summed E-state index contributed by atoms with van der Waals surface area (Å²) in [5.41, 5.74) is 1.99. The van der Waals surface area contributed by atoms with Crippen LogP contribution >= 0.6 is 0 Å². The third kappa shape index (κ3) is 8.66. The molecule has 0 amide bonds. The summed E-state index contributed by atoms with van der Waals surface area (Å²) < 4.78 is 0. The van der Waals surface area contributed by atoms with Crippen LogP contribution in [0.4, 0.5) is 0 Å². The average Bonchev–Trinajstić information content (AvgIpc) is 2.45. The van der Waals surface area contributed by atoms with Crippen LogP contribution in [0.25, 0.3) is 10.9 Å². The van der Waals surface area contributed by atoms with Crippen LogP contribution in [0.15, 0.2) is 36.5 Å². The van der Waals surface area contributed by atoms with Crippen LogP contribution in [0.2, 0.25) is 0 Å². The van der Waals surface area contributed by atoms with Crippen LogP contribution in [0.1, 0.15) is 41.6 Å². The van der Waals surface area contributed by atoms with Crippen molar-refractivity contribution in [2.45, 2.75) is 34.6 Å². The van der Waals surface area contributed by atoms with Gasteiger partial charge in [-0.3, -0.25) is 0 Å². The Morgan fingerprint density at radius 2 is 1.50 bits per heavy atom. The first-order valence-corrected chi connectivity index (χ1v) is 6.24. The van der Waals surface area contributed by atoms with Gasteiger partial charge in [0.15, 0.2) is 0 Å². The Morgan fingerprint density at radius 3 is 2.06 bits per heavy atom. The van der Waals surface area contributed by atoms with E-state index in [4.69, 9.17) is 0 Å². The molecule has 0 fully saturated rings. The maximum atomic E-state index is 4.22. The van der Waals surface area contributed by atoms with E-state index >= 15 is 0 Å². The van der Waals surface area contributed by atoms with Crippen LogP contribution in [-0.4, -0.2) is 4.98 Å². The smallest absolute Gasteiger partial charge is 0.0430 e. The molecule has 0 saturated carbocycles. The summed E-state index contributed by atoms with van der Waals surface area (Å²) in [5.74, 6) is 0. The zero-order chi connectivity index (χ0) is 13.7. The molecule has 0 aliphatic rings. The van der Waals surface area contributed by atoms with E-state index < -0.39 is 0 Å². The SMILES string of the molecule is CC.CC.[2HH].[CH2-]C.[CH2-]c1cnc2ccccc2c1.[Y]. The minimum Gasteiger partial charge on any atom is -0.346 e. The quantitative estimate of drug-likeness (QED) is 0.579. The van der Waals surface area contributed by atoms with Gasteiger partial charge in [-0.2, -0.15) is 25.5 Å². The number of hydrogen-bond acceptors (Lipinski definition) is 1. The van der Waals surface area contributed by atoms with Crippen molar-refractivity contribution < 1.29 is 34.1 Å². The molecule has 0 atom stereocenters. The fraction of sp³-hybridized carbons (Fsp3) is 0.312. The number of aromatic nitrogens is 1. The van der Waals surface area contributed by atoms with Gasteiger partial charge in [0.05, 0.1) is 0 Å². The Hall–Kier alpha value is -0.396. The molecule has 1 nitrogen and oxygen atoms in total. The van der Waals surface area contributed by atoms with Crippen molar-refractivity contribution in [1.29, 1.82) is 0 Å². The summed E-state index contributed by atoms with van der Waals surface area (Å²) in [6.45, 7) is 16.8. The molecule has 0 spiro atoms. The maximum Gasteiger partial charge on any atom is 0.0430 e. The third-order valence-electron chi connectivity index (χ3n) is 1.65. The van der Waals surface area contributed by atoms with Crippen molar-refractivity contribution in [3.05, 3.63) is 55.9 Å². The normalized spacial score (nSPS) is 7.22.